The number of para-hydroxylation sites is 1. The van der Waals surface area contributed by atoms with Gasteiger partial charge in [0.2, 0.25) is 0 Å². The molecule has 60 heavy (non-hydrogen) atoms. The highest BCUT2D eigenvalue weighted by Gasteiger charge is 2.33. The minimum atomic E-state index is -0.0336. The molecule has 0 unspecified atom stereocenters. The molecule has 0 radical (unpaired) electrons. The number of fused-ring (bicyclic) bond motifs is 4. The number of benzene rings is 7. The van der Waals surface area contributed by atoms with E-state index < -0.39 is 0 Å². The van der Waals surface area contributed by atoms with Gasteiger partial charge in [-0.15, -0.1) is 0 Å². The Labute approximate surface area is 353 Å². The Hall–Kier alpha value is -7.30. The van der Waals surface area contributed by atoms with E-state index in [4.69, 9.17) is 0 Å². The van der Waals surface area contributed by atoms with Crippen LogP contribution in [-0.2, 0) is 5.41 Å². The van der Waals surface area contributed by atoms with E-state index >= 15 is 0 Å². The first-order valence-electron chi connectivity index (χ1n) is 20.6. The van der Waals surface area contributed by atoms with Gasteiger partial charge < -0.3 is 9.47 Å². The summed E-state index contributed by atoms with van der Waals surface area (Å²) in [6, 6.07) is 56.7. The Morgan fingerprint density at radius 2 is 1.17 bits per heavy atom. The van der Waals surface area contributed by atoms with E-state index in [1.807, 2.05) is 62.4 Å². The van der Waals surface area contributed by atoms with Crippen molar-refractivity contribution in [1.29, 1.82) is 0 Å². The fraction of sp³-hybridized carbons (Fsp3) is 0.107. The molecule has 8 aromatic rings. The van der Waals surface area contributed by atoms with Gasteiger partial charge in [0.05, 0.1) is 11.0 Å². The van der Waals surface area contributed by atoms with Crippen molar-refractivity contribution in [3.8, 4) is 27.9 Å². The number of hydrogen-bond donors (Lipinski definition) is 0. The average Bonchev–Trinajstić information content (AvgIpc) is 3.78. The van der Waals surface area contributed by atoms with Crippen LogP contribution in [0.4, 0.5) is 11.4 Å². The molecule has 0 saturated heterocycles. The first-order chi connectivity index (χ1) is 29.3. The molecule has 0 atom stereocenters. The molecule has 294 valence electrons. The monoisotopic (exact) mass is 780 g/mol. The van der Waals surface area contributed by atoms with E-state index in [9.17, 15) is 9.59 Å². The summed E-state index contributed by atoms with van der Waals surface area (Å²) in [5, 5.41) is 2.34. The molecule has 1 heterocycles. The molecular formula is C56H48N2O2. The number of aldehydes is 2. The van der Waals surface area contributed by atoms with E-state index in [1.165, 1.54) is 27.5 Å². The Bertz CT molecular complexity index is 2910. The molecule has 0 bridgehead atoms. The maximum atomic E-state index is 11.7. The maximum absolute atomic E-state index is 11.7. The number of allylic oxidation sites excluding steroid dienone is 4. The van der Waals surface area contributed by atoms with Gasteiger partial charge in [0.25, 0.3) is 0 Å². The number of carbonyl (C=O) groups excluding carboxylic acids is 2. The molecule has 4 heteroatoms. The predicted octanol–water partition coefficient (Wildman–Crippen LogP) is 14.7. The van der Waals surface area contributed by atoms with Gasteiger partial charge in [0.1, 0.15) is 12.6 Å². The lowest BCUT2D eigenvalue weighted by Crippen LogP contribution is -2.15. The summed E-state index contributed by atoms with van der Waals surface area (Å²) in [4.78, 5) is 25.4. The van der Waals surface area contributed by atoms with Crippen molar-refractivity contribution in [1.82, 2.24) is 4.57 Å². The van der Waals surface area contributed by atoms with E-state index in [0.717, 1.165) is 75.0 Å². The van der Waals surface area contributed by atoms with Crippen LogP contribution in [0.1, 0.15) is 66.0 Å². The summed E-state index contributed by atoms with van der Waals surface area (Å²) < 4.78 is 2.26. The van der Waals surface area contributed by atoms with Gasteiger partial charge in [-0.2, -0.15) is 0 Å². The molecule has 9 rings (SSSR count). The van der Waals surface area contributed by atoms with E-state index in [0.29, 0.717) is 11.1 Å². The Morgan fingerprint density at radius 3 is 1.82 bits per heavy atom. The summed E-state index contributed by atoms with van der Waals surface area (Å²) in [6.07, 6.45) is 8.93. The van der Waals surface area contributed by atoms with Crippen molar-refractivity contribution >= 4 is 51.3 Å². The summed E-state index contributed by atoms with van der Waals surface area (Å²) in [5.74, 6) is 0. The van der Waals surface area contributed by atoms with Gasteiger partial charge in [-0.3, -0.25) is 9.59 Å². The number of nitrogens with zero attached hydrogens (tertiary/aromatic N) is 2. The second kappa shape index (κ2) is 16.9. The molecule has 1 aliphatic rings. The second-order valence-electron chi connectivity index (χ2n) is 15.6. The molecule has 0 spiro atoms. The third-order valence-electron chi connectivity index (χ3n) is 11.5. The largest absolute Gasteiger partial charge is 0.311 e. The zero-order chi connectivity index (χ0) is 41.8. The molecule has 7 aromatic carbocycles. The number of aromatic nitrogens is 1. The number of rotatable bonds is 10. The summed E-state index contributed by atoms with van der Waals surface area (Å²) in [7, 11) is 0. The van der Waals surface area contributed by atoms with Crippen LogP contribution in [0.2, 0.25) is 0 Å². The molecule has 0 amide bonds. The molecule has 4 nitrogen and oxygen atoms in total. The zero-order valence-corrected chi connectivity index (χ0v) is 34.6. The normalized spacial score (nSPS) is 13.7. The third kappa shape index (κ3) is 7.44. The van der Waals surface area contributed by atoms with Crippen molar-refractivity contribution in [3.63, 3.8) is 0 Å². The molecule has 0 aliphatic heterocycles. The number of hydrogen-bond acceptors (Lipinski definition) is 3. The van der Waals surface area contributed by atoms with Crippen molar-refractivity contribution in [3.05, 3.63) is 217 Å². The highest BCUT2D eigenvalue weighted by Crippen LogP contribution is 2.46. The van der Waals surface area contributed by atoms with Crippen LogP contribution in [0.25, 0.3) is 55.3 Å². The van der Waals surface area contributed by atoms with Gasteiger partial charge in [0, 0.05) is 44.7 Å². The lowest BCUT2D eigenvalue weighted by atomic mass is 9.86. The Kier molecular flexibility index (Phi) is 11.1. The SMILES string of the molecule is C=C/C(=C\C=C1/CC(C)(C)c2ccc(C=O)cc21)N(c1ccc(-c2ccccc2)cc1)c1ccc(-c2ccc3c(c2)c2ccccc2n3-c2ccc(C=O)cc2)cc1.CC. The topological polar surface area (TPSA) is 42.3 Å². The highest BCUT2D eigenvalue weighted by molar-refractivity contribution is 6.10. The number of carbonyl (C=O) groups is 2. The van der Waals surface area contributed by atoms with Crippen LogP contribution >= 0.6 is 0 Å². The molecule has 0 N–H and O–H groups in total. The van der Waals surface area contributed by atoms with Gasteiger partial charge >= 0.3 is 0 Å². The number of anilines is 2. The third-order valence-corrected chi connectivity index (χ3v) is 11.5. The van der Waals surface area contributed by atoms with Crippen molar-refractivity contribution < 1.29 is 9.59 Å². The van der Waals surface area contributed by atoms with Crippen LogP contribution < -0.4 is 4.90 Å². The van der Waals surface area contributed by atoms with Gasteiger partial charge in [-0.1, -0.05) is 131 Å². The van der Waals surface area contributed by atoms with Gasteiger partial charge in [-0.05, 0) is 136 Å². The standard InChI is InChI=1S/C54H42N2O2.C2H6/c1-4-44(25-21-43-34-54(2,3)51-30-16-38(36-58)32-49(43)51)55(45-26-17-40(18-27-45)39-10-6-5-7-11-39)46-28-19-41(20-29-46)42-22-31-53-50(33-42)48-12-8-9-13-52(48)56(53)47-23-14-37(35-57)15-24-47;1-2/h4-33,35-36H,1,34H2,2-3H3;1-2H3/b43-21+,44-25+;. The van der Waals surface area contributed by atoms with Crippen LogP contribution in [0.15, 0.2) is 194 Å². The molecule has 0 saturated carbocycles. The van der Waals surface area contributed by atoms with Crippen molar-refractivity contribution in [2.45, 2.75) is 39.5 Å². The smallest absolute Gasteiger partial charge is 0.150 e. The molecule has 1 aliphatic carbocycles. The van der Waals surface area contributed by atoms with Gasteiger partial charge in [-0.25, -0.2) is 0 Å². The minimum absolute atomic E-state index is 0.0336. The van der Waals surface area contributed by atoms with E-state index in [2.05, 4.69) is 163 Å². The minimum Gasteiger partial charge on any atom is -0.311 e. The van der Waals surface area contributed by atoms with Crippen molar-refractivity contribution in [2.75, 3.05) is 4.90 Å². The molecular weight excluding hydrogens is 733 g/mol. The quantitative estimate of drug-likeness (QED) is 0.103. The van der Waals surface area contributed by atoms with Crippen LogP contribution in [0.5, 0.6) is 0 Å². The van der Waals surface area contributed by atoms with E-state index in [1.54, 1.807) is 0 Å². The van der Waals surface area contributed by atoms with E-state index in [-0.39, 0.29) is 5.41 Å². The van der Waals surface area contributed by atoms with Gasteiger partial charge in [0.15, 0.2) is 0 Å². The first-order valence-corrected chi connectivity index (χ1v) is 20.6. The predicted molar refractivity (Wildman–Crippen MR) is 253 cm³/mol. The molecule has 1 aromatic heterocycles. The summed E-state index contributed by atoms with van der Waals surface area (Å²) >= 11 is 0. The van der Waals surface area contributed by atoms with Crippen LogP contribution in [0, 0.1) is 0 Å². The fourth-order valence-electron chi connectivity index (χ4n) is 8.54. The Balaban J connectivity index is 0.00000246. The Morgan fingerprint density at radius 1 is 0.600 bits per heavy atom. The lowest BCUT2D eigenvalue weighted by Gasteiger charge is -2.27. The molecule has 0 fully saturated rings. The lowest BCUT2D eigenvalue weighted by molar-refractivity contribution is 0.111. The van der Waals surface area contributed by atoms with Crippen molar-refractivity contribution in [2.24, 2.45) is 0 Å². The zero-order valence-electron chi connectivity index (χ0n) is 34.6. The highest BCUT2D eigenvalue weighted by atomic mass is 16.1. The first kappa shape index (κ1) is 39.5. The second-order valence-corrected chi connectivity index (χ2v) is 15.6. The summed E-state index contributed by atoms with van der Waals surface area (Å²) in [6.45, 7) is 12.8. The van der Waals surface area contributed by atoms with Crippen LogP contribution in [-0.4, -0.2) is 17.1 Å². The summed E-state index contributed by atoms with van der Waals surface area (Å²) in [5.41, 5.74) is 15.6. The average molecular weight is 781 g/mol. The maximum Gasteiger partial charge on any atom is 0.150 e. The fourth-order valence-corrected chi connectivity index (χ4v) is 8.54. The van der Waals surface area contributed by atoms with Crippen LogP contribution in [0.3, 0.4) is 0 Å².